The van der Waals surface area contributed by atoms with Crippen LogP contribution in [0.15, 0.2) is 78.4 Å². The number of rotatable bonds is 4. The third kappa shape index (κ3) is 3.59. The molecule has 0 radical (unpaired) electrons. The van der Waals surface area contributed by atoms with Gasteiger partial charge in [0, 0.05) is 30.3 Å². The SMILES string of the molecule is COc1ccc(/C=C/c2cc3sc(C=C4C(=O)c5cc6ccccc6cc5C4=O)cc3s2)cc1. The fraction of sp³-hybridized carbons (Fsp3) is 0.0345. The Bertz CT molecular complexity index is 1580. The summed E-state index contributed by atoms with van der Waals surface area (Å²) in [7, 11) is 1.66. The van der Waals surface area contributed by atoms with Crippen molar-refractivity contribution in [3.63, 3.8) is 0 Å². The molecule has 0 atom stereocenters. The number of carbonyl (C=O) groups excluding carboxylic acids is 2. The molecule has 34 heavy (non-hydrogen) atoms. The second-order valence-electron chi connectivity index (χ2n) is 8.09. The van der Waals surface area contributed by atoms with Gasteiger partial charge in [-0.1, -0.05) is 42.5 Å². The molecule has 2 aromatic heterocycles. The predicted molar refractivity (Wildman–Crippen MR) is 142 cm³/mol. The summed E-state index contributed by atoms with van der Waals surface area (Å²) in [6.07, 6.45) is 5.93. The van der Waals surface area contributed by atoms with Crippen molar-refractivity contribution in [3.8, 4) is 5.75 Å². The van der Waals surface area contributed by atoms with Crippen LogP contribution in [0.3, 0.4) is 0 Å². The number of methoxy groups -OCH3 is 1. The molecule has 164 valence electrons. The molecule has 2 heterocycles. The zero-order chi connectivity index (χ0) is 23.2. The van der Waals surface area contributed by atoms with Crippen LogP contribution in [-0.4, -0.2) is 18.7 Å². The topological polar surface area (TPSA) is 43.4 Å². The number of benzene rings is 3. The van der Waals surface area contributed by atoms with E-state index in [0.717, 1.165) is 41.2 Å². The molecule has 3 nitrogen and oxygen atoms in total. The summed E-state index contributed by atoms with van der Waals surface area (Å²) in [5.41, 5.74) is 2.35. The van der Waals surface area contributed by atoms with Crippen molar-refractivity contribution in [1.82, 2.24) is 0 Å². The van der Waals surface area contributed by atoms with E-state index in [0.29, 0.717) is 11.1 Å². The van der Waals surface area contributed by atoms with Crippen molar-refractivity contribution in [2.75, 3.05) is 7.11 Å². The molecule has 0 fully saturated rings. The third-order valence-corrected chi connectivity index (χ3v) is 8.16. The molecule has 0 saturated carbocycles. The molecule has 0 spiro atoms. The molecule has 1 aliphatic carbocycles. The molecule has 0 unspecified atom stereocenters. The van der Waals surface area contributed by atoms with Crippen LogP contribution in [0.1, 0.15) is 36.0 Å². The number of fused-ring (bicyclic) bond motifs is 3. The molecule has 5 aromatic rings. The summed E-state index contributed by atoms with van der Waals surface area (Å²) in [6.45, 7) is 0. The van der Waals surface area contributed by atoms with E-state index in [9.17, 15) is 9.59 Å². The largest absolute Gasteiger partial charge is 0.497 e. The highest BCUT2D eigenvalue weighted by atomic mass is 32.1. The van der Waals surface area contributed by atoms with E-state index in [2.05, 4.69) is 24.3 Å². The molecule has 0 bridgehead atoms. The molecular formula is C29H18O3S2. The summed E-state index contributed by atoms with van der Waals surface area (Å²) >= 11 is 3.29. The quantitative estimate of drug-likeness (QED) is 0.196. The molecule has 0 N–H and O–H groups in total. The van der Waals surface area contributed by atoms with E-state index in [1.54, 1.807) is 35.9 Å². The van der Waals surface area contributed by atoms with Gasteiger partial charge in [-0.3, -0.25) is 9.59 Å². The van der Waals surface area contributed by atoms with Gasteiger partial charge in [-0.15, -0.1) is 22.7 Å². The number of ether oxygens (including phenoxy) is 1. The van der Waals surface area contributed by atoms with Crippen LogP contribution < -0.4 is 4.74 Å². The van der Waals surface area contributed by atoms with E-state index >= 15 is 0 Å². The number of thiophene rings is 2. The monoisotopic (exact) mass is 478 g/mol. The second-order valence-corrected chi connectivity index (χ2v) is 10.3. The van der Waals surface area contributed by atoms with Crippen molar-refractivity contribution in [2.24, 2.45) is 0 Å². The van der Waals surface area contributed by atoms with Crippen molar-refractivity contribution in [2.45, 2.75) is 0 Å². The Hall–Kier alpha value is -3.80. The summed E-state index contributed by atoms with van der Waals surface area (Å²) in [5, 5.41) is 1.94. The van der Waals surface area contributed by atoms with E-state index in [4.69, 9.17) is 4.74 Å². The molecule has 6 rings (SSSR count). The van der Waals surface area contributed by atoms with Crippen LogP contribution >= 0.6 is 22.7 Å². The van der Waals surface area contributed by atoms with Crippen LogP contribution in [0.4, 0.5) is 0 Å². The average molecular weight is 479 g/mol. The number of hydrogen-bond acceptors (Lipinski definition) is 5. The van der Waals surface area contributed by atoms with Crippen LogP contribution in [-0.2, 0) is 0 Å². The first-order chi connectivity index (χ1) is 16.6. The zero-order valence-electron chi connectivity index (χ0n) is 18.2. The molecule has 0 amide bonds. The van der Waals surface area contributed by atoms with E-state index in [1.165, 1.54) is 0 Å². The lowest BCUT2D eigenvalue weighted by molar-refractivity contribution is 0.0990. The van der Waals surface area contributed by atoms with Crippen molar-refractivity contribution in [1.29, 1.82) is 0 Å². The normalized spacial score (nSPS) is 13.4. The van der Waals surface area contributed by atoms with Gasteiger partial charge in [0.05, 0.1) is 12.7 Å². The van der Waals surface area contributed by atoms with Crippen LogP contribution in [0.2, 0.25) is 0 Å². The Morgan fingerprint density at radius 2 is 1.29 bits per heavy atom. The maximum Gasteiger partial charge on any atom is 0.197 e. The zero-order valence-corrected chi connectivity index (χ0v) is 19.8. The standard InChI is InChI=1S/C29H18O3S2/c1-32-20-9-6-17(7-10-20)8-11-21-15-26-27(33-21)16-22(34-26)14-25-28(30)23-12-18-4-2-3-5-19(18)13-24(23)29(25)31/h2-16H,1H3/b11-8+. The molecule has 0 aliphatic heterocycles. The van der Waals surface area contributed by atoms with Crippen LogP contribution in [0.25, 0.3) is 38.4 Å². The van der Waals surface area contributed by atoms with Crippen molar-refractivity contribution < 1.29 is 14.3 Å². The summed E-state index contributed by atoms with van der Waals surface area (Å²) in [6, 6.07) is 23.6. The molecule has 0 saturated heterocycles. The van der Waals surface area contributed by atoms with Gasteiger partial charge in [-0.2, -0.15) is 0 Å². The minimum absolute atomic E-state index is 0.189. The van der Waals surface area contributed by atoms with Gasteiger partial charge in [0.1, 0.15) is 5.75 Å². The predicted octanol–water partition coefficient (Wildman–Crippen LogP) is 7.76. The van der Waals surface area contributed by atoms with Gasteiger partial charge in [-0.25, -0.2) is 0 Å². The number of hydrogen-bond donors (Lipinski definition) is 0. The number of Topliss-reactive ketones (excluding diaryl/α,β-unsaturated/α-hetero) is 2. The van der Waals surface area contributed by atoms with Crippen LogP contribution in [0, 0.1) is 0 Å². The Kier molecular flexibility index (Phi) is 5.01. The van der Waals surface area contributed by atoms with Crippen LogP contribution in [0.5, 0.6) is 5.75 Å². The Balaban J connectivity index is 1.27. The lowest BCUT2D eigenvalue weighted by Gasteiger charge is -2.00. The van der Waals surface area contributed by atoms with E-state index < -0.39 is 0 Å². The lowest BCUT2D eigenvalue weighted by atomic mass is 10.0. The van der Waals surface area contributed by atoms with Gasteiger partial charge >= 0.3 is 0 Å². The Morgan fingerprint density at radius 3 is 1.91 bits per heavy atom. The van der Waals surface area contributed by atoms with Gasteiger partial charge in [-0.05, 0) is 64.9 Å². The molecule has 5 heteroatoms. The number of carbonyl (C=O) groups is 2. The average Bonchev–Trinajstić information content (AvgIpc) is 3.49. The van der Waals surface area contributed by atoms with Gasteiger partial charge in [0.15, 0.2) is 11.6 Å². The maximum atomic E-state index is 13.0. The third-order valence-electron chi connectivity index (χ3n) is 5.95. The minimum atomic E-state index is -0.189. The smallest absolute Gasteiger partial charge is 0.197 e. The molecular weight excluding hydrogens is 460 g/mol. The lowest BCUT2D eigenvalue weighted by Crippen LogP contribution is -1.99. The fourth-order valence-corrected chi connectivity index (χ4v) is 6.47. The highest BCUT2D eigenvalue weighted by Gasteiger charge is 2.33. The molecule has 3 aromatic carbocycles. The maximum absolute atomic E-state index is 13.0. The summed E-state index contributed by atoms with van der Waals surface area (Å²) in [5.74, 6) is 0.460. The summed E-state index contributed by atoms with van der Waals surface area (Å²) in [4.78, 5) is 28.1. The van der Waals surface area contributed by atoms with Gasteiger partial charge < -0.3 is 4.74 Å². The highest BCUT2D eigenvalue weighted by molar-refractivity contribution is 7.28. The number of allylic oxidation sites excluding steroid dienone is 1. The van der Waals surface area contributed by atoms with Gasteiger partial charge in [0.2, 0.25) is 0 Å². The fourth-order valence-electron chi connectivity index (χ4n) is 4.20. The number of ketones is 2. The molecule has 1 aliphatic rings. The summed E-state index contributed by atoms with van der Waals surface area (Å²) < 4.78 is 7.49. The first kappa shape index (κ1) is 20.8. The van der Waals surface area contributed by atoms with Crippen molar-refractivity contribution >= 4 is 72.6 Å². The second kappa shape index (κ2) is 8.20. The van der Waals surface area contributed by atoms with E-state index in [1.807, 2.05) is 60.7 Å². The van der Waals surface area contributed by atoms with E-state index in [-0.39, 0.29) is 17.1 Å². The van der Waals surface area contributed by atoms with Crippen molar-refractivity contribution in [3.05, 3.63) is 105 Å². The Morgan fingerprint density at radius 1 is 0.706 bits per heavy atom. The first-order valence-electron chi connectivity index (χ1n) is 10.8. The minimum Gasteiger partial charge on any atom is -0.497 e. The highest BCUT2D eigenvalue weighted by Crippen LogP contribution is 2.37. The Labute approximate surface area is 204 Å². The van der Waals surface area contributed by atoms with Gasteiger partial charge in [0.25, 0.3) is 0 Å². The first-order valence-corrected chi connectivity index (χ1v) is 12.4.